The van der Waals surface area contributed by atoms with Crippen molar-refractivity contribution < 1.29 is 4.42 Å². The predicted octanol–water partition coefficient (Wildman–Crippen LogP) is 1.84. The fourth-order valence-electron chi connectivity index (χ4n) is 1.78. The minimum atomic E-state index is 0.713. The zero-order valence-electron chi connectivity index (χ0n) is 9.18. The maximum atomic E-state index is 5.25. The van der Waals surface area contributed by atoms with Crippen molar-refractivity contribution in [2.75, 3.05) is 0 Å². The van der Waals surface area contributed by atoms with Gasteiger partial charge in [0.2, 0.25) is 0 Å². The summed E-state index contributed by atoms with van der Waals surface area (Å²) in [5.41, 5.74) is 2.89. The van der Waals surface area contributed by atoms with E-state index in [-0.39, 0.29) is 0 Å². The van der Waals surface area contributed by atoms with Crippen LogP contribution in [0.1, 0.15) is 11.3 Å². The van der Waals surface area contributed by atoms with Crippen molar-refractivity contribution in [3.05, 3.63) is 48.3 Å². The smallest absolute Gasteiger partial charge is 0.177 e. The molecule has 0 atom stereocenters. The second kappa shape index (κ2) is 4.39. The maximum Gasteiger partial charge on any atom is 0.177 e. The molecule has 0 saturated carbocycles. The third kappa shape index (κ3) is 2.05. The average Bonchev–Trinajstić information content (AvgIpc) is 2.99. The number of nitrogens with zero attached hydrogens (tertiary/aromatic N) is 2. The Morgan fingerprint density at radius 1 is 1.24 bits per heavy atom. The number of imidazole rings is 1. The summed E-state index contributed by atoms with van der Waals surface area (Å²) in [6, 6.07) is 5.82. The number of H-pyrrole nitrogens is 1. The quantitative estimate of drug-likeness (QED) is 0.715. The van der Waals surface area contributed by atoms with Crippen LogP contribution in [0.4, 0.5) is 0 Å². The van der Waals surface area contributed by atoms with Crippen LogP contribution in [0.25, 0.3) is 11.2 Å². The highest BCUT2D eigenvalue weighted by Crippen LogP contribution is 2.11. The normalized spacial score (nSPS) is 11.1. The molecule has 0 radical (unpaired) electrons. The van der Waals surface area contributed by atoms with Gasteiger partial charge >= 0.3 is 0 Å². The second-order valence-electron chi connectivity index (χ2n) is 3.75. The monoisotopic (exact) mass is 228 g/mol. The molecule has 0 saturated heterocycles. The molecule has 0 bridgehead atoms. The summed E-state index contributed by atoms with van der Waals surface area (Å²) in [7, 11) is 0. The largest absolute Gasteiger partial charge is 0.468 e. The standard InChI is InChI=1S/C12H12N4O/c1-2-10(17-5-1)7-13-6-9-3-4-14-12-11(9)15-8-16-12/h1-5,8,13H,6-7H2,(H,14,15,16). The topological polar surface area (TPSA) is 66.7 Å². The molecule has 3 aromatic rings. The van der Waals surface area contributed by atoms with E-state index in [1.54, 1.807) is 18.8 Å². The van der Waals surface area contributed by atoms with Crippen LogP contribution in [-0.2, 0) is 13.1 Å². The lowest BCUT2D eigenvalue weighted by Gasteiger charge is -2.03. The third-order valence-corrected chi connectivity index (χ3v) is 2.61. The van der Waals surface area contributed by atoms with Gasteiger partial charge in [0, 0.05) is 12.7 Å². The lowest BCUT2D eigenvalue weighted by molar-refractivity contribution is 0.483. The van der Waals surface area contributed by atoms with Crippen LogP contribution in [0.2, 0.25) is 0 Å². The van der Waals surface area contributed by atoms with Gasteiger partial charge in [0.05, 0.1) is 24.7 Å². The van der Waals surface area contributed by atoms with Crippen LogP contribution in [0.5, 0.6) is 0 Å². The summed E-state index contributed by atoms with van der Waals surface area (Å²) >= 11 is 0. The lowest BCUT2D eigenvalue weighted by atomic mass is 10.2. The van der Waals surface area contributed by atoms with Crippen LogP contribution in [0.3, 0.4) is 0 Å². The first-order valence-electron chi connectivity index (χ1n) is 5.43. The molecule has 0 fully saturated rings. The number of nitrogens with one attached hydrogen (secondary N) is 2. The van der Waals surface area contributed by atoms with Gasteiger partial charge in [0.15, 0.2) is 5.65 Å². The minimum Gasteiger partial charge on any atom is -0.468 e. The van der Waals surface area contributed by atoms with Crippen LogP contribution in [0, 0.1) is 0 Å². The van der Waals surface area contributed by atoms with Crippen molar-refractivity contribution in [1.82, 2.24) is 20.3 Å². The van der Waals surface area contributed by atoms with E-state index in [4.69, 9.17) is 4.42 Å². The fraction of sp³-hybridized carbons (Fsp3) is 0.167. The molecule has 0 aliphatic carbocycles. The first-order valence-corrected chi connectivity index (χ1v) is 5.43. The van der Waals surface area contributed by atoms with Gasteiger partial charge in [-0.15, -0.1) is 0 Å². The molecule has 86 valence electrons. The van der Waals surface area contributed by atoms with E-state index in [2.05, 4.69) is 20.3 Å². The molecular weight excluding hydrogens is 216 g/mol. The summed E-state index contributed by atoms with van der Waals surface area (Å²) in [5.74, 6) is 0.930. The number of fused-ring (bicyclic) bond motifs is 1. The molecular formula is C12H12N4O. The van der Waals surface area contributed by atoms with Crippen LogP contribution < -0.4 is 5.32 Å². The summed E-state index contributed by atoms with van der Waals surface area (Å²) in [6.07, 6.45) is 5.11. The second-order valence-corrected chi connectivity index (χ2v) is 3.75. The van der Waals surface area contributed by atoms with E-state index in [1.165, 1.54) is 0 Å². The Bertz CT molecular complexity index is 600. The molecule has 0 spiro atoms. The van der Waals surface area contributed by atoms with Crippen LogP contribution in [0.15, 0.2) is 41.4 Å². The van der Waals surface area contributed by atoms with E-state index in [0.717, 1.165) is 29.0 Å². The number of hydrogen-bond acceptors (Lipinski definition) is 4. The van der Waals surface area contributed by atoms with Gasteiger partial charge < -0.3 is 14.7 Å². The van der Waals surface area contributed by atoms with Crippen molar-refractivity contribution in [1.29, 1.82) is 0 Å². The Morgan fingerprint density at radius 2 is 2.24 bits per heavy atom. The van der Waals surface area contributed by atoms with Gasteiger partial charge in [-0.25, -0.2) is 9.97 Å². The molecule has 0 amide bonds. The van der Waals surface area contributed by atoms with Crippen molar-refractivity contribution in [3.8, 4) is 0 Å². The van der Waals surface area contributed by atoms with E-state index >= 15 is 0 Å². The van der Waals surface area contributed by atoms with Crippen LogP contribution in [-0.4, -0.2) is 15.0 Å². The van der Waals surface area contributed by atoms with E-state index in [0.29, 0.717) is 6.54 Å². The van der Waals surface area contributed by atoms with Gasteiger partial charge in [0.1, 0.15) is 5.76 Å². The zero-order valence-corrected chi connectivity index (χ0v) is 9.18. The predicted molar refractivity (Wildman–Crippen MR) is 63.1 cm³/mol. The first kappa shape index (κ1) is 10.0. The lowest BCUT2D eigenvalue weighted by Crippen LogP contribution is -2.12. The number of rotatable bonds is 4. The third-order valence-electron chi connectivity index (χ3n) is 2.61. The molecule has 0 aliphatic heterocycles. The van der Waals surface area contributed by atoms with Crippen molar-refractivity contribution in [2.24, 2.45) is 0 Å². The number of hydrogen-bond donors (Lipinski definition) is 2. The molecule has 3 heterocycles. The molecule has 3 aromatic heterocycles. The Hall–Kier alpha value is -2.14. The number of aromatic nitrogens is 3. The molecule has 0 unspecified atom stereocenters. The Balaban J connectivity index is 1.70. The highest BCUT2D eigenvalue weighted by Gasteiger charge is 2.03. The highest BCUT2D eigenvalue weighted by atomic mass is 16.3. The van der Waals surface area contributed by atoms with Crippen molar-refractivity contribution >= 4 is 11.2 Å². The summed E-state index contributed by atoms with van der Waals surface area (Å²) in [6.45, 7) is 1.47. The average molecular weight is 228 g/mol. The summed E-state index contributed by atoms with van der Waals surface area (Å²) in [4.78, 5) is 11.4. The van der Waals surface area contributed by atoms with E-state index < -0.39 is 0 Å². The fourth-order valence-corrected chi connectivity index (χ4v) is 1.78. The first-order chi connectivity index (χ1) is 8.43. The molecule has 17 heavy (non-hydrogen) atoms. The van der Waals surface area contributed by atoms with Gasteiger partial charge in [-0.2, -0.15) is 0 Å². The SMILES string of the molecule is c1coc(CNCc2ccnc3nc[nH]c23)c1. The van der Waals surface area contributed by atoms with Gasteiger partial charge in [-0.1, -0.05) is 0 Å². The molecule has 5 nitrogen and oxygen atoms in total. The maximum absolute atomic E-state index is 5.25. The molecule has 2 N–H and O–H groups in total. The van der Waals surface area contributed by atoms with Gasteiger partial charge in [-0.3, -0.25) is 0 Å². The van der Waals surface area contributed by atoms with Crippen molar-refractivity contribution in [3.63, 3.8) is 0 Å². The van der Waals surface area contributed by atoms with Crippen LogP contribution >= 0.6 is 0 Å². The Morgan fingerprint density at radius 3 is 3.12 bits per heavy atom. The molecule has 0 aromatic carbocycles. The molecule has 3 rings (SSSR count). The summed E-state index contributed by atoms with van der Waals surface area (Å²) < 4.78 is 5.25. The zero-order chi connectivity index (χ0) is 11.5. The number of pyridine rings is 1. The number of aromatic amines is 1. The Labute approximate surface area is 97.9 Å². The summed E-state index contributed by atoms with van der Waals surface area (Å²) in [5, 5.41) is 3.32. The van der Waals surface area contributed by atoms with E-state index in [1.807, 2.05) is 18.2 Å². The molecule has 5 heteroatoms. The minimum absolute atomic E-state index is 0.713. The van der Waals surface area contributed by atoms with E-state index in [9.17, 15) is 0 Å². The Kier molecular flexibility index (Phi) is 2.59. The molecule has 0 aliphatic rings. The highest BCUT2D eigenvalue weighted by molar-refractivity contribution is 5.73. The van der Waals surface area contributed by atoms with Crippen molar-refractivity contribution in [2.45, 2.75) is 13.1 Å². The van der Waals surface area contributed by atoms with Gasteiger partial charge in [-0.05, 0) is 23.8 Å². The number of furan rings is 1. The van der Waals surface area contributed by atoms with Gasteiger partial charge in [0.25, 0.3) is 0 Å².